The van der Waals surface area contributed by atoms with E-state index in [4.69, 9.17) is 4.74 Å². The van der Waals surface area contributed by atoms with Crippen molar-refractivity contribution in [2.75, 3.05) is 0 Å². The van der Waals surface area contributed by atoms with Crippen LogP contribution >= 0.6 is 0 Å². The predicted octanol–water partition coefficient (Wildman–Crippen LogP) is 7.90. The van der Waals surface area contributed by atoms with Crippen LogP contribution in [0.4, 0.5) is 0 Å². The Morgan fingerprint density at radius 1 is 1.09 bits per heavy atom. The van der Waals surface area contributed by atoms with E-state index in [1.54, 1.807) is 18.1 Å². The van der Waals surface area contributed by atoms with Gasteiger partial charge in [0.15, 0.2) is 0 Å². The molecule has 0 bridgehead atoms. The molecule has 0 saturated heterocycles. The Labute approximate surface area is 197 Å². The molecule has 0 amide bonds. The molecule has 0 spiro atoms. The fourth-order valence-corrected chi connectivity index (χ4v) is 7.76. The molecular formula is C30H46O2. The van der Waals surface area contributed by atoms with Gasteiger partial charge in [-0.1, -0.05) is 65.8 Å². The number of fused-ring (bicyclic) bond motifs is 5. The Morgan fingerprint density at radius 2 is 1.84 bits per heavy atom. The molecule has 0 aliphatic heterocycles. The lowest BCUT2D eigenvalue weighted by Crippen LogP contribution is -2.45. The zero-order valence-corrected chi connectivity index (χ0v) is 21.6. The number of hydrogen-bond acceptors (Lipinski definition) is 2. The smallest absolute Gasteiger partial charge is 0.302 e. The van der Waals surface area contributed by atoms with Crippen molar-refractivity contribution in [2.24, 2.45) is 46.3 Å². The van der Waals surface area contributed by atoms with Gasteiger partial charge in [-0.25, -0.2) is 0 Å². The van der Waals surface area contributed by atoms with Gasteiger partial charge in [-0.05, 0) is 102 Å². The summed E-state index contributed by atoms with van der Waals surface area (Å²) in [6.45, 7) is 16.1. The average Bonchev–Trinajstić information content (AvgIpc) is 3.08. The van der Waals surface area contributed by atoms with Crippen LogP contribution < -0.4 is 0 Å². The quantitative estimate of drug-likeness (QED) is 0.322. The number of rotatable bonds is 5. The number of carbonyl (C=O) groups is 1. The van der Waals surface area contributed by atoms with E-state index in [0.29, 0.717) is 29.1 Å². The van der Waals surface area contributed by atoms with Gasteiger partial charge in [0.25, 0.3) is 0 Å². The monoisotopic (exact) mass is 438 g/mol. The molecule has 0 heterocycles. The van der Waals surface area contributed by atoms with E-state index < -0.39 is 0 Å². The van der Waals surface area contributed by atoms with Gasteiger partial charge in [0, 0.05) is 6.92 Å². The lowest BCUT2D eigenvalue weighted by Gasteiger charge is -2.53. The van der Waals surface area contributed by atoms with Crippen molar-refractivity contribution < 1.29 is 9.53 Å². The second-order valence-electron chi connectivity index (χ2n) is 12.4. The lowest BCUT2D eigenvalue weighted by molar-refractivity contribution is -0.150. The van der Waals surface area contributed by atoms with Gasteiger partial charge >= 0.3 is 5.97 Å². The summed E-state index contributed by atoms with van der Waals surface area (Å²) in [7, 11) is 0. The molecule has 4 rings (SSSR count). The van der Waals surface area contributed by atoms with Gasteiger partial charge < -0.3 is 4.74 Å². The Balaban J connectivity index is 1.54. The van der Waals surface area contributed by atoms with Crippen molar-refractivity contribution in [1.82, 2.24) is 0 Å². The number of hydrogen-bond donors (Lipinski definition) is 0. The molecule has 8 atom stereocenters. The van der Waals surface area contributed by atoms with Crippen LogP contribution in [0.15, 0.2) is 35.5 Å². The molecule has 0 radical (unpaired) electrons. The first-order valence-corrected chi connectivity index (χ1v) is 13.3. The third kappa shape index (κ3) is 4.05. The topological polar surface area (TPSA) is 26.3 Å². The van der Waals surface area contributed by atoms with Crippen LogP contribution in [0.5, 0.6) is 0 Å². The second kappa shape index (κ2) is 8.80. The molecule has 178 valence electrons. The highest BCUT2D eigenvalue weighted by atomic mass is 16.5. The summed E-state index contributed by atoms with van der Waals surface area (Å²) in [5, 5.41) is 0. The van der Waals surface area contributed by atoms with Crippen LogP contribution in [0.25, 0.3) is 0 Å². The third-order valence-electron chi connectivity index (χ3n) is 10.3. The summed E-state index contributed by atoms with van der Waals surface area (Å²) >= 11 is 0. The highest BCUT2D eigenvalue weighted by Crippen LogP contribution is 2.64. The summed E-state index contributed by atoms with van der Waals surface area (Å²) in [6.07, 6.45) is 18.6. The van der Waals surface area contributed by atoms with Gasteiger partial charge in [0.2, 0.25) is 0 Å². The Kier molecular flexibility index (Phi) is 6.56. The van der Waals surface area contributed by atoms with Crippen molar-refractivity contribution in [3.63, 3.8) is 0 Å². The maximum Gasteiger partial charge on any atom is 0.302 e. The van der Waals surface area contributed by atoms with E-state index >= 15 is 0 Å². The molecule has 2 nitrogen and oxygen atoms in total. The average molecular weight is 439 g/mol. The summed E-state index contributed by atoms with van der Waals surface area (Å²) in [5.74, 6) is 3.98. The van der Waals surface area contributed by atoms with Crippen LogP contribution in [-0.4, -0.2) is 12.1 Å². The van der Waals surface area contributed by atoms with Crippen LogP contribution in [0.3, 0.4) is 0 Å². The first-order chi connectivity index (χ1) is 15.1. The van der Waals surface area contributed by atoms with Gasteiger partial charge in [-0.15, -0.1) is 0 Å². The molecule has 4 aliphatic rings. The Hall–Kier alpha value is -1.31. The highest BCUT2D eigenvalue weighted by Gasteiger charge is 2.55. The Bertz CT molecular complexity index is 817. The Morgan fingerprint density at radius 3 is 2.53 bits per heavy atom. The standard InChI is InChI=1S/C30H46O2/c1-19(2)20(3)8-9-21(4)26-12-13-27-25-11-10-23-18-24(32-22(5)31)14-16-29(23,6)28(25)15-17-30(26,27)7/h8-9,11,15,19-21,23-24,26-27H,10,12-14,16-18H2,1-7H3/b9-8+/t20-,21+,23?,24?,26+,27-,29-,30+/m0/s1. The van der Waals surface area contributed by atoms with E-state index in [0.717, 1.165) is 37.5 Å². The van der Waals surface area contributed by atoms with E-state index in [1.807, 2.05) is 0 Å². The first-order valence-electron chi connectivity index (χ1n) is 13.3. The molecule has 0 aromatic rings. The number of ether oxygens (including phenoxy) is 1. The van der Waals surface area contributed by atoms with Crippen molar-refractivity contribution in [1.29, 1.82) is 0 Å². The molecule has 2 fully saturated rings. The zero-order chi connectivity index (χ0) is 23.3. The van der Waals surface area contributed by atoms with Gasteiger partial charge in [0.1, 0.15) is 6.10 Å². The number of esters is 1. The van der Waals surface area contributed by atoms with E-state index in [-0.39, 0.29) is 17.5 Å². The normalized spacial score (nSPS) is 40.8. The molecule has 2 heteroatoms. The third-order valence-corrected chi connectivity index (χ3v) is 10.3. The SMILES string of the molecule is CC(=O)OC1CC[C@]2(C)C3=CC[C@]4(C)[C@@H]([C@H](C)/C=C/[C@H](C)C(C)C)CC[C@H]4C3=CCC2C1. The number of allylic oxidation sites excluding steroid dienone is 6. The zero-order valence-electron chi connectivity index (χ0n) is 21.6. The van der Waals surface area contributed by atoms with Crippen molar-refractivity contribution in [3.8, 4) is 0 Å². The first kappa shape index (κ1) is 23.8. The van der Waals surface area contributed by atoms with Crippen LogP contribution in [0.2, 0.25) is 0 Å². The summed E-state index contributed by atoms with van der Waals surface area (Å²) in [4.78, 5) is 11.5. The summed E-state index contributed by atoms with van der Waals surface area (Å²) < 4.78 is 5.62. The lowest BCUT2D eigenvalue weighted by atomic mass is 9.51. The number of carbonyl (C=O) groups excluding carboxylic acids is 1. The maximum atomic E-state index is 11.5. The minimum atomic E-state index is -0.124. The molecule has 32 heavy (non-hydrogen) atoms. The molecule has 0 aromatic heterocycles. The summed E-state index contributed by atoms with van der Waals surface area (Å²) in [5.41, 5.74) is 4.00. The fraction of sp³-hybridized carbons (Fsp3) is 0.767. The minimum Gasteiger partial charge on any atom is -0.463 e. The van der Waals surface area contributed by atoms with E-state index in [2.05, 4.69) is 65.8 Å². The van der Waals surface area contributed by atoms with Crippen molar-refractivity contribution >= 4 is 5.97 Å². The maximum absolute atomic E-state index is 11.5. The molecule has 2 saturated carbocycles. The van der Waals surface area contributed by atoms with Crippen LogP contribution in [0, 0.1) is 46.3 Å². The summed E-state index contributed by atoms with van der Waals surface area (Å²) in [6, 6.07) is 0. The van der Waals surface area contributed by atoms with E-state index in [9.17, 15) is 4.79 Å². The van der Waals surface area contributed by atoms with Crippen molar-refractivity contribution in [2.45, 2.75) is 99.5 Å². The largest absolute Gasteiger partial charge is 0.463 e. The molecular weight excluding hydrogens is 392 g/mol. The molecule has 0 N–H and O–H groups in total. The second-order valence-corrected chi connectivity index (χ2v) is 12.4. The van der Waals surface area contributed by atoms with Gasteiger partial charge in [0.05, 0.1) is 0 Å². The molecule has 0 aromatic carbocycles. The van der Waals surface area contributed by atoms with Crippen molar-refractivity contribution in [3.05, 3.63) is 35.5 Å². The van der Waals surface area contributed by atoms with Gasteiger partial charge in [-0.3, -0.25) is 4.79 Å². The molecule has 4 aliphatic carbocycles. The van der Waals surface area contributed by atoms with Crippen LogP contribution in [0.1, 0.15) is 93.4 Å². The van der Waals surface area contributed by atoms with Gasteiger partial charge in [-0.2, -0.15) is 0 Å². The van der Waals surface area contributed by atoms with Crippen LogP contribution in [-0.2, 0) is 9.53 Å². The predicted molar refractivity (Wildman–Crippen MR) is 133 cm³/mol. The minimum absolute atomic E-state index is 0.117. The fourth-order valence-electron chi connectivity index (χ4n) is 7.76. The highest BCUT2D eigenvalue weighted by molar-refractivity contribution is 5.66. The molecule has 2 unspecified atom stereocenters. The van der Waals surface area contributed by atoms with E-state index in [1.165, 1.54) is 19.3 Å².